The molecule has 132 valence electrons. The van der Waals surface area contributed by atoms with Crippen LogP contribution in [0.3, 0.4) is 0 Å². The van der Waals surface area contributed by atoms with Crippen molar-refractivity contribution in [3.05, 3.63) is 33.3 Å². The molecule has 0 N–H and O–H groups in total. The Morgan fingerprint density at radius 2 is 1.96 bits per heavy atom. The molecule has 1 aromatic rings. The predicted octanol–water partition coefficient (Wildman–Crippen LogP) is 4.03. The minimum absolute atomic E-state index is 0.0689. The third-order valence-electron chi connectivity index (χ3n) is 3.51. The van der Waals surface area contributed by atoms with E-state index in [4.69, 9.17) is 21.1 Å². The molecule has 1 aliphatic heterocycles. The van der Waals surface area contributed by atoms with Gasteiger partial charge >= 0.3 is 6.09 Å². The largest absolute Gasteiger partial charge is 0.488 e. The molecule has 0 saturated carbocycles. The topological polar surface area (TPSA) is 81.9 Å². The highest BCUT2D eigenvalue weighted by Gasteiger charge is 2.28. The quantitative estimate of drug-likeness (QED) is 0.603. The molecule has 1 aromatic carbocycles. The van der Waals surface area contributed by atoms with Crippen molar-refractivity contribution in [1.82, 2.24) is 4.90 Å². The van der Waals surface area contributed by atoms with Crippen LogP contribution in [0.15, 0.2) is 18.2 Å². The number of nitro groups is 1. The molecule has 2 rings (SSSR count). The molecule has 0 spiro atoms. The number of piperidine rings is 1. The van der Waals surface area contributed by atoms with Gasteiger partial charge in [-0.3, -0.25) is 10.1 Å². The van der Waals surface area contributed by atoms with E-state index in [-0.39, 0.29) is 17.9 Å². The van der Waals surface area contributed by atoms with Gasteiger partial charge in [0.2, 0.25) is 0 Å². The third-order valence-corrected chi connectivity index (χ3v) is 3.83. The van der Waals surface area contributed by atoms with Crippen LogP contribution in [0.2, 0.25) is 5.02 Å². The van der Waals surface area contributed by atoms with E-state index in [2.05, 4.69) is 0 Å². The molecule has 1 fully saturated rings. The van der Waals surface area contributed by atoms with E-state index >= 15 is 0 Å². The molecule has 8 heteroatoms. The number of carbonyl (C=O) groups excluding carboxylic acids is 1. The number of hydrogen-bond acceptors (Lipinski definition) is 5. The number of hydrogen-bond donors (Lipinski definition) is 0. The summed E-state index contributed by atoms with van der Waals surface area (Å²) in [6.45, 7) is 6.49. The Hall–Kier alpha value is -2.02. The maximum atomic E-state index is 12.0. The molecule has 7 nitrogen and oxygen atoms in total. The average molecular weight is 357 g/mol. The fourth-order valence-corrected chi connectivity index (χ4v) is 2.52. The number of ether oxygens (including phenoxy) is 2. The Balaban J connectivity index is 1.93. The van der Waals surface area contributed by atoms with Gasteiger partial charge in [-0.1, -0.05) is 11.6 Å². The fourth-order valence-electron chi connectivity index (χ4n) is 2.36. The van der Waals surface area contributed by atoms with Gasteiger partial charge < -0.3 is 14.4 Å². The third kappa shape index (κ3) is 4.99. The molecule has 0 aliphatic carbocycles. The van der Waals surface area contributed by atoms with Gasteiger partial charge in [-0.15, -0.1) is 0 Å². The summed E-state index contributed by atoms with van der Waals surface area (Å²) in [6.07, 6.45) is 0.730. The van der Waals surface area contributed by atoms with Crippen LogP contribution in [0.25, 0.3) is 0 Å². The van der Waals surface area contributed by atoms with E-state index in [1.807, 2.05) is 20.8 Å². The van der Waals surface area contributed by atoms with Crippen molar-refractivity contribution in [2.24, 2.45) is 0 Å². The minimum Gasteiger partial charge on any atom is -0.488 e. The van der Waals surface area contributed by atoms with E-state index in [0.29, 0.717) is 36.7 Å². The van der Waals surface area contributed by atoms with Crippen LogP contribution in [0.4, 0.5) is 10.5 Å². The molecule has 0 atom stereocenters. The van der Waals surface area contributed by atoms with Crippen molar-refractivity contribution < 1.29 is 19.2 Å². The van der Waals surface area contributed by atoms with Gasteiger partial charge in [0, 0.05) is 32.0 Å². The normalized spacial score (nSPS) is 15.9. The van der Waals surface area contributed by atoms with Crippen LogP contribution in [0.5, 0.6) is 5.75 Å². The van der Waals surface area contributed by atoms with Gasteiger partial charge in [-0.25, -0.2) is 4.79 Å². The number of rotatable bonds is 3. The Kier molecular flexibility index (Phi) is 5.54. The zero-order chi connectivity index (χ0) is 17.9. The van der Waals surface area contributed by atoms with Gasteiger partial charge in [0.15, 0.2) is 0 Å². The molecule has 0 radical (unpaired) electrons. The number of benzene rings is 1. The predicted molar refractivity (Wildman–Crippen MR) is 89.6 cm³/mol. The highest BCUT2D eigenvalue weighted by Crippen LogP contribution is 2.31. The Morgan fingerprint density at radius 3 is 2.50 bits per heavy atom. The average Bonchev–Trinajstić information content (AvgIpc) is 2.48. The summed E-state index contributed by atoms with van der Waals surface area (Å²) in [5.74, 6) is 0.293. The van der Waals surface area contributed by atoms with Crippen molar-refractivity contribution in [3.8, 4) is 5.75 Å². The maximum Gasteiger partial charge on any atom is 0.410 e. The number of non-ortho nitro benzene ring substituents is 1. The Bertz CT molecular complexity index is 621. The van der Waals surface area contributed by atoms with Crippen LogP contribution < -0.4 is 4.74 Å². The standard InChI is InChI=1S/C16H21ClN2O5/c1-16(2,3)24-15(20)18-8-6-12(7-9-18)23-14-10-11(19(21)22)4-5-13(14)17/h4-5,10,12H,6-9H2,1-3H3. The van der Waals surface area contributed by atoms with Gasteiger partial charge in [0.1, 0.15) is 17.5 Å². The minimum atomic E-state index is -0.527. The SMILES string of the molecule is CC(C)(C)OC(=O)N1CCC(Oc2cc([N+](=O)[O-])ccc2Cl)CC1. The van der Waals surface area contributed by atoms with Crippen LogP contribution in [0, 0.1) is 10.1 Å². The van der Waals surface area contributed by atoms with E-state index in [1.165, 1.54) is 18.2 Å². The molecular weight excluding hydrogens is 336 g/mol. The van der Waals surface area contributed by atoms with Gasteiger partial charge in [0.05, 0.1) is 16.0 Å². The van der Waals surface area contributed by atoms with Gasteiger partial charge in [-0.2, -0.15) is 0 Å². The lowest BCUT2D eigenvalue weighted by Gasteiger charge is -2.33. The van der Waals surface area contributed by atoms with E-state index in [1.54, 1.807) is 4.90 Å². The molecule has 0 unspecified atom stereocenters. The number of nitro benzene ring substituents is 1. The first-order valence-electron chi connectivity index (χ1n) is 7.74. The van der Waals surface area contributed by atoms with Crippen molar-refractivity contribution in [3.63, 3.8) is 0 Å². The zero-order valence-corrected chi connectivity index (χ0v) is 14.7. The van der Waals surface area contributed by atoms with Crippen LogP contribution in [-0.4, -0.2) is 40.7 Å². The second-order valence-corrected chi connectivity index (χ2v) is 7.06. The van der Waals surface area contributed by atoms with E-state index < -0.39 is 10.5 Å². The van der Waals surface area contributed by atoms with Crippen molar-refractivity contribution >= 4 is 23.4 Å². The Morgan fingerprint density at radius 1 is 1.33 bits per heavy atom. The summed E-state index contributed by atoms with van der Waals surface area (Å²) in [5, 5.41) is 11.2. The van der Waals surface area contributed by atoms with Gasteiger partial charge in [-0.05, 0) is 26.8 Å². The second kappa shape index (κ2) is 7.25. The summed E-state index contributed by atoms with van der Waals surface area (Å²) < 4.78 is 11.1. The number of amides is 1. The number of nitrogens with zero attached hydrogens (tertiary/aromatic N) is 2. The first kappa shape index (κ1) is 18.3. The summed E-state index contributed by atoms with van der Waals surface area (Å²) >= 11 is 6.04. The van der Waals surface area contributed by atoms with Crippen LogP contribution in [0.1, 0.15) is 33.6 Å². The Labute approximate surface area is 145 Å². The summed E-state index contributed by atoms with van der Waals surface area (Å²) in [7, 11) is 0. The second-order valence-electron chi connectivity index (χ2n) is 6.66. The van der Waals surface area contributed by atoms with Crippen molar-refractivity contribution in [2.75, 3.05) is 13.1 Å². The lowest BCUT2D eigenvalue weighted by molar-refractivity contribution is -0.384. The monoisotopic (exact) mass is 356 g/mol. The van der Waals surface area contributed by atoms with E-state index in [0.717, 1.165) is 0 Å². The van der Waals surface area contributed by atoms with Gasteiger partial charge in [0.25, 0.3) is 5.69 Å². The number of halogens is 1. The molecule has 0 aromatic heterocycles. The molecule has 1 saturated heterocycles. The first-order valence-corrected chi connectivity index (χ1v) is 8.12. The van der Waals surface area contributed by atoms with Crippen molar-refractivity contribution in [1.29, 1.82) is 0 Å². The number of carbonyl (C=O) groups is 1. The van der Waals surface area contributed by atoms with E-state index in [9.17, 15) is 14.9 Å². The summed E-state index contributed by atoms with van der Waals surface area (Å²) in [4.78, 5) is 24.0. The molecule has 1 aliphatic rings. The highest BCUT2D eigenvalue weighted by molar-refractivity contribution is 6.32. The molecule has 24 heavy (non-hydrogen) atoms. The summed E-state index contributed by atoms with van der Waals surface area (Å²) in [5.41, 5.74) is -0.596. The smallest absolute Gasteiger partial charge is 0.410 e. The zero-order valence-electron chi connectivity index (χ0n) is 14.0. The molecule has 1 amide bonds. The highest BCUT2D eigenvalue weighted by atomic mass is 35.5. The fraction of sp³-hybridized carbons (Fsp3) is 0.562. The van der Waals surface area contributed by atoms with Crippen molar-refractivity contribution in [2.45, 2.75) is 45.3 Å². The molecule has 1 heterocycles. The lowest BCUT2D eigenvalue weighted by atomic mass is 10.1. The maximum absolute atomic E-state index is 12.0. The molecular formula is C16H21ClN2O5. The van der Waals surface area contributed by atoms with Crippen LogP contribution >= 0.6 is 11.6 Å². The lowest BCUT2D eigenvalue weighted by Crippen LogP contribution is -2.44. The molecule has 0 bridgehead atoms. The first-order chi connectivity index (χ1) is 11.2. The van der Waals surface area contributed by atoms with Crippen LogP contribution in [-0.2, 0) is 4.74 Å². The summed E-state index contributed by atoms with van der Waals surface area (Å²) in [6, 6.07) is 4.10. The number of likely N-dealkylation sites (tertiary alicyclic amines) is 1.